The number of rotatable bonds is 6. The van der Waals surface area contributed by atoms with E-state index in [0.717, 1.165) is 22.2 Å². The van der Waals surface area contributed by atoms with Gasteiger partial charge in [-0.3, -0.25) is 15.2 Å². The number of anilines is 1. The smallest absolute Gasteiger partial charge is 0.249 e. The van der Waals surface area contributed by atoms with E-state index in [1.54, 1.807) is 11.3 Å². The van der Waals surface area contributed by atoms with Crippen LogP contribution < -0.4 is 5.32 Å². The molecule has 0 aliphatic carbocycles. The fourth-order valence-corrected chi connectivity index (χ4v) is 4.11. The standard InChI is InChI=1S/C21H18N6OS/c28-19(12-18(15-7-10-29-13-15)27-8-3-4-9-27)23-21-24-20(25-26-21)17-11-14-5-1-2-6-16(14)22-17/h1-11,13,18,22H,12H2,(H2,23,24,25,26,28). The molecule has 0 fully saturated rings. The molecule has 0 radical (unpaired) electrons. The summed E-state index contributed by atoms with van der Waals surface area (Å²) in [5, 5.41) is 15.0. The highest BCUT2D eigenvalue weighted by Crippen LogP contribution is 2.25. The van der Waals surface area contributed by atoms with Gasteiger partial charge in [0.25, 0.3) is 0 Å². The SMILES string of the molecule is O=C(CC(c1ccsc1)n1cccc1)Nc1n[nH]c(-c2cc3ccccc3[nH]2)n1. The Hall–Kier alpha value is -3.65. The fourth-order valence-electron chi connectivity index (χ4n) is 3.41. The molecule has 1 unspecified atom stereocenters. The van der Waals surface area contributed by atoms with Gasteiger partial charge in [-0.2, -0.15) is 16.3 Å². The predicted molar refractivity (Wildman–Crippen MR) is 114 cm³/mol. The average Bonchev–Trinajstić information content (AvgIpc) is 3.53. The van der Waals surface area contributed by atoms with Gasteiger partial charge in [0.05, 0.1) is 18.2 Å². The Labute approximate surface area is 170 Å². The number of carbonyl (C=O) groups is 1. The molecule has 0 saturated heterocycles. The molecule has 4 heterocycles. The first-order chi connectivity index (χ1) is 14.3. The van der Waals surface area contributed by atoms with Crippen molar-refractivity contribution in [2.45, 2.75) is 12.5 Å². The number of H-pyrrole nitrogens is 2. The molecule has 5 rings (SSSR count). The van der Waals surface area contributed by atoms with Gasteiger partial charge in [0.1, 0.15) is 0 Å². The summed E-state index contributed by atoms with van der Waals surface area (Å²) in [4.78, 5) is 20.4. The first-order valence-electron chi connectivity index (χ1n) is 9.21. The number of benzene rings is 1. The number of para-hydroxylation sites is 1. The average molecular weight is 402 g/mol. The van der Waals surface area contributed by atoms with Gasteiger partial charge in [-0.1, -0.05) is 18.2 Å². The quantitative estimate of drug-likeness (QED) is 0.392. The fraction of sp³-hybridized carbons (Fsp3) is 0.0952. The Morgan fingerprint density at radius 1 is 1.17 bits per heavy atom. The number of thiophene rings is 1. The summed E-state index contributed by atoms with van der Waals surface area (Å²) >= 11 is 1.62. The first-order valence-corrected chi connectivity index (χ1v) is 10.2. The van der Waals surface area contributed by atoms with Gasteiger partial charge >= 0.3 is 0 Å². The lowest BCUT2D eigenvalue weighted by Crippen LogP contribution is -2.19. The van der Waals surface area contributed by atoms with Crippen LogP contribution in [0.2, 0.25) is 0 Å². The number of nitrogens with zero attached hydrogens (tertiary/aromatic N) is 3. The van der Waals surface area contributed by atoms with E-state index in [9.17, 15) is 4.79 Å². The van der Waals surface area contributed by atoms with Crippen LogP contribution in [0.25, 0.3) is 22.4 Å². The molecule has 1 atom stereocenters. The number of aromatic amines is 2. The van der Waals surface area contributed by atoms with Crippen LogP contribution in [0.3, 0.4) is 0 Å². The molecule has 0 aliphatic rings. The lowest BCUT2D eigenvalue weighted by molar-refractivity contribution is -0.116. The number of hydrogen-bond acceptors (Lipinski definition) is 4. The second-order valence-corrected chi connectivity index (χ2v) is 7.51. The van der Waals surface area contributed by atoms with Gasteiger partial charge in [-0.15, -0.1) is 5.10 Å². The molecule has 5 aromatic rings. The molecule has 0 bridgehead atoms. The topological polar surface area (TPSA) is 91.4 Å². The molecule has 3 N–H and O–H groups in total. The Morgan fingerprint density at radius 3 is 2.83 bits per heavy atom. The lowest BCUT2D eigenvalue weighted by atomic mass is 10.1. The molecule has 7 nitrogen and oxygen atoms in total. The highest BCUT2D eigenvalue weighted by atomic mass is 32.1. The molecule has 0 aliphatic heterocycles. The number of aromatic nitrogens is 5. The van der Waals surface area contributed by atoms with Crippen LogP contribution in [0.4, 0.5) is 5.95 Å². The summed E-state index contributed by atoms with van der Waals surface area (Å²) in [5.41, 5.74) is 2.95. The van der Waals surface area contributed by atoms with Gasteiger partial charge in [0.2, 0.25) is 11.9 Å². The summed E-state index contributed by atoms with van der Waals surface area (Å²) in [7, 11) is 0. The summed E-state index contributed by atoms with van der Waals surface area (Å²) in [6, 6.07) is 15.9. The van der Waals surface area contributed by atoms with E-state index in [4.69, 9.17) is 0 Å². The number of fused-ring (bicyclic) bond motifs is 1. The Kier molecular flexibility index (Phi) is 4.45. The van der Waals surface area contributed by atoms with Crippen molar-refractivity contribution in [1.29, 1.82) is 0 Å². The third-order valence-corrected chi connectivity index (χ3v) is 5.52. The predicted octanol–water partition coefficient (Wildman–Crippen LogP) is 4.43. The van der Waals surface area contributed by atoms with Gasteiger partial charge in [-0.05, 0) is 46.7 Å². The zero-order chi connectivity index (χ0) is 19.6. The van der Waals surface area contributed by atoms with Crippen LogP contribution in [0.1, 0.15) is 18.0 Å². The maximum absolute atomic E-state index is 12.7. The van der Waals surface area contributed by atoms with Gasteiger partial charge < -0.3 is 9.55 Å². The number of hydrogen-bond donors (Lipinski definition) is 3. The largest absolute Gasteiger partial charge is 0.352 e. The molecule has 0 spiro atoms. The molecular weight excluding hydrogens is 384 g/mol. The summed E-state index contributed by atoms with van der Waals surface area (Å²) in [6.45, 7) is 0. The van der Waals surface area contributed by atoms with E-state index in [2.05, 4.69) is 30.9 Å². The monoisotopic (exact) mass is 402 g/mol. The van der Waals surface area contributed by atoms with Crippen molar-refractivity contribution >= 4 is 34.1 Å². The van der Waals surface area contributed by atoms with E-state index >= 15 is 0 Å². The molecule has 4 aromatic heterocycles. The minimum atomic E-state index is -0.142. The maximum Gasteiger partial charge on any atom is 0.249 e. The van der Waals surface area contributed by atoms with E-state index in [-0.39, 0.29) is 17.9 Å². The zero-order valence-corrected chi connectivity index (χ0v) is 16.2. The Morgan fingerprint density at radius 2 is 2.03 bits per heavy atom. The van der Waals surface area contributed by atoms with Gasteiger partial charge in [-0.25, -0.2) is 0 Å². The van der Waals surface area contributed by atoms with Crippen molar-refractivity contribution in [2.24, 2.45) is 0 Å². The highest BCUT2D eigenvalue weighted by molar-refractivity contribution is 7.08. The molecule has 1 amide bonds. The number of amides is 1. The molecule has 0 saturated carbocycles. The van der Waals surface area contributed by atoms with E-state index < -0.39 is 0 Å². The van der Waals surface area contributed by atoms with Crippen molar-refractivity contribution in [3.8, 4) is 11.5 Å². The van der Waals surface area contributed by atoms with Crippen molar-refractivity contribution in [1.82, 2.24) is 24.7 Å². The van der Waals surface area contributed by atoms with Crippen LogP contribution in [0.15, 0.2) is 71.7 Å². The Bertz CT molecular complexity index is 1170. The highest BCUT2D eigenvalue weighted by Gasteiger charge is 2.19. The number of nitrogens with one attached hydrogen (secondary N) is 3. The van der Waals surface area contributed by atoms with Crippen molar-refractivity contribution in [3.05, 3.63) is 77.2 Å². The van der Waals surface area contributed by atoms with Crippen LogP contribution >= 0.6 is 11.3 Å². The minimum Gasteiger partial charge on any atom is -0.352 e. The minimum absolute atomic E-state index is 0.0663. The first kappa shape index (κ1) is 17.4. The van der Waals surface area contributed by atoms with Crippen LogP contribution in [0.5, 0.6) is 0 Å². The summed E-state index contributed by atoms with van der Waals surface area (Å²) in [5.74, 6) is 0.702. The van der Waals surface area contributed by atoms with E-state index in [1.165, 1.54) is 0 Å². The molecule has 29 heavy (non-hydrogen) atoms. The molecule has 144 valence electrons. The summed E-state index contributed by atoms with van der Waals surface area (Å²) < 4.78 is 2.04. The third-order valence-electron chi connectivity index (χ3n) is 4.82. The van der Waals surface area contributed by atoms with Crippen LogP contribution in [-0.2, 0) is 4.79 Å². The van der Waals surface area contributed by atoms with Crippen molar-refractivity contribution < 1.29 is 4.79 Å². The van der Waals surface area contributed by atoms with Crippen molar-refractivity contribution in [2.75, 3.05) is 5.32 Å². The maximum atomic E-state index is 12.7. The van der Waals surface area contributed by atoms with E-state index in [0.29, 0.717) is 12.2 Å². The molecular formula is C21H18N6OS. The number of carbonyl (C=O) groups excluding carboxylic acids is 1. The van der Waals surface area contributed by atoms with Gasteiger partial charge in [0.15, 0.2) is 5.82 Å². The second-order valence-electron chi connectivity index (χ2n) is 6.73. The zero-order valence-electron chi connectivity index (χ0n) is 15.4. The summed E-state index contributed by atoms with van der Waals surface area (Å²) in [6.07, 6.45) is 4.23. The third kappa shape index (κ3) is 3.57. The second kappa shape index (κ2) is 7.40. The van der Waals surface area contributed by atoms with Crippen LogP contribution in [-0.4, -0.2) is 30.6 Å². The normalized spacial score (nSPS) is 12.3. The lowest BCUT2D eigenvalue weighted by Gasteiger charge is -2.17. The van der Waals surface area contributed by atoms with Crippen LogP contribution in [0, 0.1) is 0 Å². The van der Waals surface area contributed by atoms with Gasteiger partial charge in [0, 0.05) is 23.3 Å². The molecule has 8 heteroatoms. The Balaban J connectivity index is 1.32. The van der Waals surface area contributed by atoms with E-state index in [1.807, 2.05) is 70.9 Å². The van der Waals surface area contributed by atoms with Crippen molar-refractivity contribution in [3.63, 3.8) is 0 Å². The molecule has 1 aromatic carbocycles.